The van der Waals surface area contributed by atoms with Crippen molar-refractivity contribution < 1.29 is 5.11 Å². The lowest BCUT2D eigenvalue weighted by atomic mass is 10.2. The Labute approximate surface area is 103 Å². The van der Waals surface area contributed by atoms with Crippen LogP contribution in [0.25, 0.3) is 0 Å². The summed E-state index contributed by atoms with van der Waals surface area (Å²) in [7, 11) is 0. The Kier molecular flexibility index (Phi) is 3.65. The Morgan fingerprint density at radius 3 is 3.00 bits per heavy atom. The molecule has 0 saturated heterocycles. The van der Waals surface area contributed by atoms with Crippen LogP contribution in [0.1, 0.15) is 10.6 Å². The van der Waals surface area contributed by atoms with Crippen molar-refractivity contribution in [3.05, 3.63) is 38.7 Å². The third-order valence-corrected chi connectivity index (χ3v) is 3.34. The zero-order valence-electron chi connectivity index (χ0n) is 9.49. The minimum atomic E-state index is -0.527. The van der Waals surface area contributed by atoms with Gasteiger partial charge in [-0.3, -0.25) is 0 Å². The molecule has 1 unspecified atom stereocenters. The molecule has 0 fully saturated rings. The molecule has 2 aromatic rings. The van der Waals surface area contributed by atoms with Gasteiger partial charge in [0.1, 0.15) is 0 Å². The van der Waals surface area contributed by atoms with Crippen molar-refractivity contribution in [3.63, 3.8) is 0 Å². The first kappa shape index (κ1) is 11.9. The van der Waals surface area contributed by atoms with E-state index in [4.69, 9.17) is 0 Å². The van der Waals surface area contributed by atoms with Crippen LogP contribution in [-0.2, 0) is 6.42 Å². The number of aliphatic hydroxyl groups excluding tert-OH is 1. The van der Waals surface area contributed by atoms with E-state index in [1.807, 2.05) is 18.4 Å². The molecule has 0 aliphatic rings. The molecule has 0 spiro atoms. The summed E-state index contributed by atoms with van der Waals surface area (Å²) < 4.78 is 0. The van der Waals surface area contributed by atoms with Crippen molar-refractivity contribution in [3.8, 4) is 0 Å². The standard InChI is InChI=1S/C11H15N3O2S/c1-7-10(2-3-17-7)12-6-9(15)4-8-5-13-11(16)14-8/h2-3,5,9,12,15H,4,6H2,1H3,(H2,13,14,16). The minimum absolute atomic E-state index is 0.242. The van der Waals surface area contributed by atoms with Crippen molar-refractivity contribution in [2.24, 2.45) is 0 Å². The van der Waals surface area contributed by atoms with Crippen molar-refractivity contribution in [2.75, 3.05) is 11.9 Å². The number of hydrogen-bond donors (Lipinski definition) is 4. The van der Waals surface area contributed by atoms with Crippen LogP contribution in [0.3, 0.4) is 0 Å². The van der Waals surface area contributed by atoms with Crippen molar-refractivity contribution in [1.82, 2.24) is 9.97 Å². The first-order chi connectivity index (χ1) is 8.15. The molecule has 0 aromatic carbocycles. The second-order valence-electron chi connectivity index (χ2n) is 3.90. The van der Waals surface area contributed by atoms with E-state index < -0.39 is 6.10 Å². The lowest BCUT2D eigenvalue weighted by Gasteiger charge is -2.11. The fraction of sp³-hybridized carbons (Fsp3) is 0.364. The van der Waals surface area contributed by atoms with Gasteiger partial charge >= 0.3 is 5.69 Å². The first-order valence-corrected chi connectivity index (χ1v) is 6.25. The van der Waals surface area contributed by atoms with Gasteiger partial charge in [0.05, 0.1) is 6.10 Å². The third kappa shape index (κ3) is 3.21. The maximum Gasteiger partial charge on any atom is 0.323 e. The van der Waals surface area contributed by atoms with E-state index in [2.05, 4.69) is 15.3 Å². The predicted molar refractivity (Wildman–Crippen MR) is 68.7 cm³/mol. The van der Waals surface area contributed by atoms with E-state index >= 15 is 0 Å². The molecule has 4 N–H and O–H groups in total. The molecule has 0 radical (unpaired) electrons. The van der Waals surface area contributed by atoms with Gasteiger partial charge in [0.15, 0.2) is 0 Å². The molecule has 17 heavy (non-hydrogen) atoms. The van der Waals surface area contributed by atoms with E-state index in [1.54, 1.807) is 17.5 Å². The van der Waals surface area contributed by atoms with Gasteiger partial charge in [-0.1, -0.05) is 0 Å². The molecule has 92 valence electrons. The molecule has 0 amide bonds. The highest BCUT2D eigenvalue weighted by Gasteiger charge is 2.08. The van der Waals surface area contributed by atoms with E-state index in [1.165, 1.54) is 4.88 Å². The summed E-state index contributed by atoms with van der Waals surface area (Å²) in [5.41, 5.74) is 1.52. The molecule has 0 aliphatic heterocycles. The maximum absolute atomic E-state index is 10.9. The zero-order chi connectivity index (χ0) is 12.3. The van der Waals surface area contributed by atoms with E-state index in [-0.39, 0.29) is 5.69 Å². The van der Waals surface area contributed by atoms with Crippen LogP contribution >= 0.6 is 11.3 Å². The highest BCUT2D eigenvalue weighted by Crippen LogP contribution is 2.20. The Hall–Kier alpha value is -1.53. The molecule has 2 aromatic heterocycles. The topological polar surface area (TPSA) is 80.9 Å². The Morgan fingerprint density at radius 2 is 2.41 bits per heavy atom. The molecule has 0 bridgehead atoms. The van der Waals surface area contributed by atoms with Crippen molar-refractivity contribution in [2.45, 2.75) is 19.4 Å². The summed E-state index contributed by atoms with van der Waals surface area (Å²) in [6.07, 6.45) is 1.48. The fourth-order valence-electron chi connectivity index (χ4n) is 1.60. The van der Waals surface area contributed by atoms with Crippen LogP contribution < -0.4 is 11.0 Å². The molecule has 2 rings (SSSR count). The van der Waals surface area contributed by atoms with Crippen molar-refractivity contribution >= 4 is 17.0 Å². The summed E-state index contributed by atoms with van der Waals surface area (Å²) in [5.74, 6) is 0. The van der Waals surface area contributed by atoms with E-state index in [0.29, 0.717) is 18.7 Å². The number of anilines is 1. The van der Waals surface area contributed by atoms with Crippen LogP contribution in [0.5, 0.6) is 0 Å². The number of hydrogen-bond acceptors (Lipinski definition) is 4. The zero-order valence-corrected chi connectivity index (χ0v) is 10.3. The minimum Gasteiger partial charge on any atom is -0.391 e. The van der Waals surface area contributed by atoms with Gasteiger partial charge in [-0.15, -0.1) is 11.3 Å². The monoisotopic (exact) mass is 253 g/mol. The number of aromatic amines is 2. The van der Waals surface area contributed by atoms with Gasteiger partial charge in [0, 0.05) is 35.4 Å². The summed E-state index contributed by atoms with van der Waals surface area (Å²) in [5, 5.41) is 15.0. The highest BCUT2D eigenvalue weighted by atomic mass is 32.1. The number of nitrogens with one attached hydrogen (secondary N) is 3. The third-order valence-electron chi connectivity index (χ3n) is 2.49. The number of thiophene rings is 1. The smallest absolute Gasteiger partial charge is 0.323 e. The van der Waals surface area contributed by atoms with Crippen LogP contribution in [0, 0.1) is 6.92 Å². The lowest BCUT2D eigenvalue weighted by Crippen LogP contribution is -2.22. The quantitative estimate of drug-likeness (QED) is 0.644. The highest BCUT2D eigenvalue weighted by molar-refractivity contribution is 7.10. The van der Waals surface area contributed by atoms with Gasteiger partial charge in [0.25, 0.3) is 0 Å². The number of aromatic nitrogens is 2. The average Bonchev–Trinajstić information content (AvgIpc) is 2.85. The second-order valence-corrected chi connectivity index (χ2v) is 5.02. The van der Waals surface area contributed by atoms with E-state index in [0.717, 1.165) is 5.69 Å². The van der Waals surface area contributed by atoms with Gasteiger partial charge in [0.2, 0.25) is 0 Å². The number of rotatable bonds is 5. The predicted octanol–water partition coefficient (Wildman–Crippen LogP) is 1.09. The average molecular weight is 253 g/mol. The molecular weight excluding hydrogens is 238 g/mol. The van der Waals surface area contributed by atoms with Gasteiger partial charge in [-0.25, -0.2) is 4.79 Å². The number of H-pyrrole nitrogens is 2. The van der Waals surface area contributed by atoms with Crippen LogP contribution in [-0.4, -0.2) is 27.7 Å². The van der Waals surface area contributed by atoms with Gasteiger partial charge in [-0.2, -0.15) is 0 Å². The Balaban J connectivity index is 1.84. The van der Waals surface area contributed by atoms with E-state index in [9.17, 15) is 9.90 Å². The molecule has 1 atom stereocenters. The van der Waals surface area contributed by atoms with Crippen LogP contribution in [0.2, 0.25) is 0 Å². The molecule has 0 aliphatic carbocycles. The molecule has 5 nitrogen and oxygen atoms in total. The summed E-state index contributed by atoms with van der Waals surface area (Å²) in [6.45, 7) is 2.49. The number of aryl methyl sites for hydroxylation is 1. The molecular formula is C11H15N3O2S. The van der Waals surface area contributed by atoms with Gasteiger partial charge in [-0.05, 0) is 18.4 Å². The number of aliphatic hydroxyl groups is 1. The Morgan fingerprint density at radius 1 is 1.59 bits per heavy atom. The SMILES string of the molecule is Cc1sccc1NCC(O)Cc1c[nH]c(=O)[nH]1. The number of imidazole rings is 1. The van der Waals surface area contributed by atoms with Crippen LogP contribution in [0.15, 0.2) is 22.4 Å². The Bertz CT molecular complexity index is 529. The second kappa shape index (κ2) is 5.20. The summed E-state index contributed by atoms with van der Waals surface area (Å²) >= 11 is 1.67. The van der Waals surface area contributed by atoms with Crippen LogP contribution in [0.4, 0.5) is 5.69 Å². The molecule has 2 heterocycles. The molecule has 6 heteroatoms. The lowest BCUT2D eigenvalue weighted by molar-refractivity contribution is 0.187. The summed E-state index contributed by atoms with van der Waals surface area (Å²) in [6, 6.07) is 1.99. The largest absolute Gasteiger partial charge is 0.391 e. The van der Waals surface area contributed by atoms with Gasteiger partial charge < -0.3 is 20.4 Å². The molecule has 0 saturated carbocycles. The summed E-state index contributed by atoms with van der Waals surface area (Å²) in [4.78, 5) is 17.2. The normalized spacial score (nSPS) is 12.6. The fourth-order valence-corrected chi connectivity index (χ4v) is 2.28. The van der Waals surface area contributed by atoms with Crippen molar-refractivity contribution in [1.29, 1.82) is 0 Å². The first-order valence-electron chi connectivity index (χ1n) is 5.38. The maximum atomic E-state index is 10.9.